The molecule has 1 aromatic carbocycles. The highest BCUT2D eigenvalue weighted by Gasteiger charge is 2.49. The first-order chi connectivity index (χ1) is 15.9. The van der Waals surface area contributed by atoms with Crippen molar-refractivity contribution < 1.29 is 19.0 Å². The number of aldehydes is 1. The average molecular weight is 450 g/mol. The van der Waals surface area contributed by atoms with Crippen molar-refractivity contribution in [1.29, 1.82) is 0 Å². The molecule has 9 nitrogen and oxygen atoms in total. The third-order valence-electron chi connectivity index (χ3n) is 6.50. The maximum absolute atomic E-state index is 13.9. The zero-order valence-corrected chi connectivity index (χ0v) is 18.2. The summed E-state index contributed by atoms with van der Waals surface area (Å²) >= 11 is 0. The van der Waals surface area contributed by atoms with Crippen LogP contribution in [0.5, 0.6) is 11.6 Å². The van der Waals surface area contributed by atoms with E-state index >= 15 is 0 Å². The lowest BCUT2D eigenvalue weighted by atomic mass is 9.90. The van der Waals surface area contributed by atoms with Crippen molar-refractivity contribution in [3.8, 4) is 22.9 Å². The Morgan fingerprint density at radius 3 is 3.00 bits per heavy atom. The van der Waals surface area contributed by atoms with Gasteiger partial charge in [-0.25, -0.2) is 14.4 Å². The molecule has 3 aromatic rings. The van der Waals surface area contributed by atoms with Crippen LogP contribution in [-0.2, 0) is 0 Å². The van der Waals surface area contributed by atoms with Crippen LogP contribution in [-0.4, -0.2) is 56.3 Å². The summed E-state index contributed by atoms with van der Waals surface area (Å²) in [5.41, 5.74) is 2.08. The molecule has 0 amide bonds. The van der Waals surface area contributed by atoms with Crippen molar-refractivity contribution >= 4 is 17.8 Å². The van der Waals surface area contributed by atoms with E-state index in [1.165, 1.54) is 18.3 Å². The third-order valence-corrected chi connectivity index (χ3v) is 6.50. The number of carbonyl (C=O) groups excluding carboxylic acids is 1. The molecule has 2 aliphatic heterocycles. The van der Waals surface area contributed by atoms with Crippen molar-refractivity contribution in [3.05, 3.63) is 47.7 Å². The molecule has 170 valence electrons. The Balaban J connectivity index is 1.47. The normalized spacial score (nSPS) is 21.2. The molecule has 2 N–H and O–H groups in total. The summed E-state index contributed by atoms with van der Waals surface area (Å²) in [6, 6.07) is 6.15. The summed E-state index contributed by atoms with van der Waals surface area (Å²) in [7, 11) is 0. The van der Waals surface area contributed by atoms with Gasteiger partial charge in [0.05, 0.1) is 35.4 Å². The Kier molecular flexibility index (Phi) is 5.07. The van der Waals surface area contributed by atoms with Crippen LogP contribution in [0.1, 0.15) is 35.9 Å². The number of nitrogens with zero attached hydrogens (tertiary/aromatic N) is 5. The second-order valence-corrected chi connectivity index (χ2v) is 8.38. The summed E-state index contributed by atoms with van der Waals surface area (Å²) in [5, 5.41) is 22.0. The summed E-state index contributed by atoms with van der Waals surface area (Å²) in [6.07, 6.45) is 3.58. The van der Waals surface area contributed by atoms with Crippen molar-refractivity contribution in [2.24, 2.45) is 0 Å². The van der Waals surface area contributed by atoms with Gasteiger partial charge in [0.15, 0.2) is 23.7 Å². The number of rotatable bonds is 5. The second-order valence-electron chi connectivity index (χ2n) is 8.38. The van der Waals surface area contributed by atoms with E-state index in [9.17, 15) is 14.3 Å². The molecule has 0 radical (unpaired) electrons. The van der Waals surface area contributed by atoms with E-state index in [1.807, 2.05) is 6.07 Å². The van der Waals surface area contributed by atoms with Crippen LogP contribution in [0, 0.1) is 12.7 Å². The van der Waals surface area contributed by atoms with Gasteiger partial charge in [-0.05, 0) is 31.5 Å². The molecule has 0 bridgehead atoms. The largest absolute Gasteiger partial charge is 0.504 e. The van der Waals surface area contributed by atoms with Gasteiger partial charge in [0.2, 0.25) is 5.88 Å². The number of aromatic hydroxyl groups is 1. The minimum absolute atomic E-state index is 0.160. The molecule has 0 saturated carbocycles. The molecule has 1 saturated heterocycles. The van der Waals surface area contributed by atoms with Crippen LogP contribution in [0.3, 0.4) is 0 Å². The monoisotopic (exact) mass is 450 g/mol. The van der Waals surface area contributed by atoms with Gasteiger partial charge in [0.1, 0.15) is 11.8 Å². The minimum atomic E-state index is -0.709. The first kappa shape index (κ1) is 21.0. The molecule has 0 aliphatic carbocycles. The molecular weight excluding hydrogens is 427 g/mol. The summed E-state index contributed by atoms with van der Waals surface area (Å²) < 4.78 is 20.1. The number of phenolic OH excluding ortho intramolecular Hbond substituents is 1. The van der Waals surface area contributed by atoms with Gasteiger partial charge in [-0.3, -0.25) is 4.79 Å². The zero-order chi connectivity index (χ0) is 23.2. The fourth-order valence-electron chi connectivity index (χ4n) is 4.68. The summed E-state index contributed by atoms with van der Waals surface area (Å²) in [5.74, 6) is -0.154. The van der Waals surface area contributed by atoms with Crippen LogP contribution in [0.4, 0.5) is 15.9 Å². The zero-order valence-electron chi connectivity index (χ0n) is 18.2. The highest BCUT2D eigenvalue weighted by molar-refractivity contribution is 5.77. The number of aryl methyl sites for hydroxylation is 1. The van der Waals surface area contributed by atoms with E-state index in [0.29, 0.717) is 48.2 Å². The highest BCUT2D eigenvalue weighted by atomic mass is 19.1. The highest BCUT2D eigenvalue weighted by Crippen LogP contribution is 2.45. The lowest BCUT2D eigenvalue weighted by molar-refractivity contribution is 0.111. The van der Waals surface area contributed by atoms with Crippen LogP contribution in [0.25, 0.3) is 11.3 Å². The van der Waals surface area contributed by atoms with Crippen molar-refractivity contribution in [1.82, 2.24) is 20.2 Å². The smallest absolute Gasteiger partial charge is 0.232 e. The first-order valence-electron chi connectivity index (χ1n) is 10.8. The van der Waals surface area contributed by atoms with Crippen LogP contribution < -0.4 is 15.0 Å². The Hall–Kier alpha value is -3.82. The second kappa shape index (κ2) is 7.95. The van der Waals surface area contributed by atoms with E-state index in [0.717, 1.165) is 18.5 Å². The number of carbonyl (C=O) groups is 1. The Labute approximate surface area is 189 Å². The fourth-order valence-corrected chi connectivity index (χ4v) is 4.68. The number of ether oxygens (including phenoxy) is 1. The van der Waals surface area contributed by atoms with Crippen molar-refractivity contribution in [2.45, 2.75) is 38.3 Å². The number of para-hydroxylation sites is 1. The fraction of sp³-hybridized carbons (Fsp3) is 0.348. The van der Waals surface area contributed by atoms with Gasteiger partial charge in [-0.2, -0.15) is 0 Å². The predicted molar refractivity (Wildman–Crippen MR) is 119 cm³/mol. The van der Waals surface area contributed by atoms with Gasteiger partial charge >= 0.3 is 0 Å². The number of phenols is 1. The molecule has 2 aromatic heterocycles. The molecule has 10 heteroatoms. The lowest BCUT2D eigenvalue weighted by Gasteiger charge is -2.43. The topological polar surface area (TPSA) is 113 Å². The quantitative estimate of drug-likeness (QED) is 0.566. The molecule has 2 atom stereocenters. The standard InChI is InChI=1S/C23H23FN6O3/c1-3-23-8-14(33-20-9-25-18(11-31)13(2)27-20)10-30(23)19-7-17(28-29-22(19)26-12-23)15-5-4-6-16(24)21(15)32/h4-7,9,11,14,32H,3,8,10,12H2,1-2H3,(H,26,29)/t14-,23-/m1/s1. The van der Waals surface area contributed by atoms with Crippen LogP contribution in [0.15, 0.2) is 30.5 Å². The number of aromatic nitrogens is 4. The van der Waals surface area contributed by atoms with E-state index in [2.05, 4.69) is 37.3 Å². The Morgan fingerprint density at radius 2 is 2.24 bits per heavy atom. The third kappa shape index (κ3) is 3.51. The summed E-state index contributed by atoms with van der Waals surface area (Å²) in [6.45, 7) is 5.10. The van der Waals surface area contributed by atoms with E-state index < -0.39 is 11.6 Å². The molecule has 33 heavy (non-hydrogen) atoms. The van der Waals surface area contributed by atoms with Gasteiger partial charge in [0.25, 0.3) is 0 Å². The molecule has 1 fully saturated rings. The minimum Gasteiger partial charge on any atom is -0.504 e. The maximum Gasteiger partial charge on any atom is 0.232 e. The molecule has 0 unspecified atom stereocenters. The molecule has 5 rings (SSSR count). The van der Waals surface area contributed by atoms with E-state index in [1.54, 1.807) is 13.0 Å². The number of hydrogen-bond acceptors (Lipinski definition) is 9. The van der Waals surface area contributed by atoms with Crippen molar-refractivity contribution in [3.63, 3.8) is 0 Å². The Bertz CT molecular complexity index is 1240. The number of hydrogen-bond donors (Lipinski definition) is 2. The van der Waals surface area contributed by atoms with Crippen molar-refractivity contribution in [2.75, 3.05) is 23.3 Å². The predicted octanol–water partition coefficient (Wildman–Crippen LogP) is 3.13. The average Bonchev–Trinajstić information content (AvgIpc) is 3.20. The first-order valence-corrected chi connectivity index (χ1v) is 10.8. The number of fused-ring (bicyclic) bond motifs is 3. The number of halogens is 1. The molecular formula is C23H23FN6O3. The number of anilines is 2. The molecule has 2 aliphatic rings. The van der Waals surface area contributed by atoms with Gasteiger partial charge in [-0.15, -0.1) is 10.2 Å². The summed E-state index contributed by atoms with van der Waals surface area (Å²) in [4.78, 5) is 21.7. The van der Waals surface area contributed by atoms with E-state index in [4.69, 9.17) is 4.74 Å². The number of nitrogens with one attached hydrogen (secondary N) is 1. The van der Waals surface area contributed by atoms with Gasteiger partial charge in [0, 0.05) is 18.5 Å². The van der Waals surface area contributed by atoms with Gasteiger partial charge in [-0.1, -0.05) is 13.0 Å². The lowest BCUT2D eigenvalue weighted by Crippen LogP contribution is -2.52. The molecule has 4 heterocycles. The van der Waals surface area contributed by atoms with E-state index in [-0.39, 0.29) is 17.2 Å². The van der Waals surface area contributed by atoms with Crippen LogP contribution >= 0.6 is 0 Å². The Morgan fingerprint density at radius 1 is 1.39 bits per heavy atom. The maximum atomic E-state index is 13.9. The number of benzene rings is 1. The van der Waals surface area contributed by atoms with Gasteiger partial charge < -0.3 is 20.1 Å². The molecule has 0 spiro atoms. The van der Waals surface area contributed by atoms with Crippen LogP contribution in [0.2, 0.25) is 0 Å². The SMILES string of the molecule is CC[C@@]12CNc3nnc(-c4cccc(F)c4O)cc3N1C[C@H](Oc1cnc(C=O)c(C)n1)C2.